The van der Waals surface area contributed by atoms with Gasteiger partial charge >= 0.3 is 6.18 Å². The Morgan fingerprint density at radius 2 is 1.89 bits per heavy atom. The van der Waals surface area contributed by atoms with Gasteiger partial charge in [0.25, 0.3) is 11.8 Å². The summed E-state index contributed by atoms with van der Waals surface area (Å²) < 4.78 is 43.8. The predicted molar refractivity (Wildman–Crippen MR) is 92.5 cm³/mol. The SMILES string of the molecule is COc1cccc(/C=N/NC(=O)CNC(=O)c2ccccc2C(F)(F)F)c1. The van der Waals surface area contributed by atoms with Crippen molar-refractivity contribution in [1.82, 2.24) is 10.7 Å². The Hall–Kier alpha value is -3.36. The fourth-order valence-corrected chi connectivity index (χ4v) is 2.12. The minimum Gasteiger partial charge on any atom is -0.497 e. The van der Waals surface area contributed by atoms with Crippen molar-refractivity contribution in [2.75, 3.05) is 13.7 Å². The van der Waals surface area contributed by atoms with Crippen LogP contribution < -0.4 is 15.5 Å². The lowest BCUT2D eigenvalue weighted by Gasteiger charge is -2.12. The molecule has 0 aliphatic heterocycles. The molecule has 6 nitrogen and oxygen atoms in total. The van der Waals surface area contributed by atoms with Crippen LogP contribution in [-0.2, 0) is 11.0 Å². The van der Waals surface area contributed by atoms with Gasteiger partial charge in [0.2, 0.25) is 0 Å². The van der Waals surface area contributed by atoms with Crippen LogP contribution in [0.3, 0.4) is 0 Å². The largest absolute Gasteiger partial charge is 0.497 e. The van der Waals surface area contributed by atoms with Crippen LogP contribution in [0.15, 0.2) is 53.6 Å². The zero-order valence-corrected chi connectivity index (χ0v) is 14.2. The summed E-state index contributed by atoms with van der Waals surface area (Å²) in [5.74, 6) is -1.08. The minimum absolute atomic E-state index is 0.527. The number of hydrogen-bond acceptors (Lipinski definition) is 4. The van der Waals surface area contributed by atoms with Crippen LogP contribution in [0.2, 0.25) is 0 Å². The summed E-state index contributed by atoms with van der Waals surface area (Å²) in [6.07, 6.45) is -3.31. The van der Waals surface area contributed by atoms with Gasteiger partial charge in [0, 0.05) is 0 Å². The summed E-state index contributed by atoms with van der Waals surface area (Å²) >= 11 is 0. The highest BCUT2D eigenvalue weighted by molar-refractivity contribution is 5.98. The number of carbonyl (C=O) groups is 2. The smallest absolute Gasteiger partial charge is 0.417 e. The van der Waals surface area contributed by atoms with E-state index in [1.54, 1.807) is 24.3 Å². The van der Waals surface area contributed by atoms with E-state index in [4.69, 9.17) is 4.74 Å². The monoisotopic (exact) mass is 379 g/mol. The number of halogens is 3. The molecule has 2 amide bonds. The molecular formula is C18H16F3N3O3. The van der Waals surface area contributed by atoms with Crippen LogP contribution in [0.25, 0.3) is 0 Å². The maximum absolute atomic E-state index is 12.9. The molecule has 0 atom stereocenters. The zero-order valence-electron chi connectivity index (χ0n) is 14.2. The van der Waals surface area contributed by atoms with Crippen molar-refractivity contribution in [1.29, 1.82) is 0 Å². The molecule has 27 heavy (non-hydrogen) atoms. The van der Waals surface area contributed by atoms with E-state index in [-0.39, 0.29) is 0 Å². The molecule has 2 N–H and O–H groups in total. The molecule has 2 rings (SSSR count). The lowest BCUT2D eigenvalue weighted by Crippen LogP contribution is -2.35. The molecule has 0 radical (unpaired) electrons. The van der Waals surface area contributed by atoms with E-state index < -0.39 is 35.7 Å². The summed E-state index contributed by atoms with van der Waals surface area (Å²) in [6, 6.07) is 11.2. The fourth-order valence-electron chi connectivity index (χ4n) is 2.12. The van der Waals surface area contributed by atoms with E-state index in [9.17, 15) is 22.8 Å². The van der Waals surface area contributed by atoms with Crippen molar-refractivity contribution in [3.63, 3.8) is 0 Å². The first-order valence-corrected chi connectivity index (χ1v) is 7.71. The summed E-state index contributed by atoms with van der Waals surface area (Å²) in [7, 11) is 1.51. The highest BCUT2D eigenvalue weighted by Crippen LogP contribution is 2.31. The maximum atomic E-state index is 12.9. The Bertz CT molecular complexity index is 851. The molecule has 2 aromatic carbocycles. The van der Waals surface area contributed by atoms with Crippen LogP contribution in [0.4, 0.5) is 13.2 Å². The standard InChI is InChI=1S/C18H16F3N3O3/c1-27-13-6-4-5-12(9-13)10-23-24-16(25)11-22-17(26)14-7-2-3-8-15(14)18(19,20)21/h2-10H,11H2,1H3,(H,22,26)(H,24,25)/b23-10+. The van der Waals surface area contributed by atoms with Gasteiger partial charge in [-0.15, -0.1) is 0 Å². The highest BCUT2D eigenvalue weighted by atomic mass is 19.4. The van der Waals surface area contributed by atoms with Gasteiger partial charge in [0.15, 0.2) is 0 Å². The third-order valence-corrected chi connectivity index (χ3v) is 3.38. The number of rotatable bonds is 6. The number of amides is 2. The number of carbonyl (C=O) groups excluding carboxylic acids is 2. The van der Waals surface area contributed by atoms with Gasteiger partial charge in [0.1, 0.15) is 5.75 Å². The number of alkyl halides is 3. The molecule has 0 spiro atoms. The Morgan fingerprint density at radius 1 is 1.15 bits per heavy atom. The van der Waals surface area contributed by atoms with Crippen molar-refractivity contribution in [2.24, 2.45) is 5.10 Å². The number of ether oxygens (including phenoxy) is 1. The second-order valence-corrected chi connectivity index (χ2v) is 5.30. The Balaban J connectivity index is 1.90. The maximum Gasteiger partial charge on any atom is 0.417 e. The number of hydrazone groups is 1. The summed E-state index contributed by atoms with van der Waals surface area (Å²) in [5, 5.41) is 5.85. The first-order chi connectivity index (χ1) is 12.8. The van der Waals surface area contributed by atoms with Crippen LogP contribution >= 0.6 is 0 Å². The van der Waals surface area contributed by atoms with Crippen molar-refractivity contribution in [2.45, 2.75) is 6.18 Å². The van der Waals surface area contributed by atoms with Crippen LogP contribution in [0.5, 0.6) is 5.75 Å². The predicted octanol–water partition coefficient (Wildman–Crippen LogP) is 2.59. The average molecular weight is 379 g/mol. The van der Waals surface area contributed by atoms with E-state index in [0.29, 0.717) is 11.3 Å². The Morgan fingerprint density at radius 3 is 2.59 bits per heavy atom. The quantitative estimate of drug-likeness (QED) is 0.598. The minimum atomic E-state index is -4.67. The van der Waals surface area contributed by atoms with Crippen molar-refractivity contribution < 1.29 is 27.5 Å². The molecule has 0 aliphatic rings. The molecule has 0 aliphatic carbocycles. The molecule has 0 saturated carbocycles. The average Bonchev–Trinajstić information content (AvgIpc) is 2.65. The third-order valence-electron chi connectivity index (χ3n) is 3.38. The second kappa shape index (κ2) is 8.84. The van der Waals surface area contributed by atoms with Gasteiger partial charge in [0.05, 0.1) is 31.0 Å². The molecule has 0 unspecified atom stereocenters. The van der Waals surface area contributed by atoms with Gasteiger partial charge in [-0.3, -0.25) is 9.59 Å². The van der Waals surface area contributed by atoms with E-state index in [1.165, 1.54) is 25.5 Å². The second-order valence-electron chi connectivity index (χ2n) is 5.30. The van der Waals surface area contributed by atoms with E-state index in [2.05, 4.69) is 15.8 Å². The van der Waals surface area contributed by atoms with Crippen molar-refractivity contribution in [3.8, 4) is 5.75 Å². The first kappa shape index (κ1) is 20.0. The topological polar surface area (TPSA) is 79.8 Å². The van der Waals surface area contributed by atoms with Crippen LogP contribution in [0, 0.1) is 0 Å². The molecule has 0 bridgehead atoms. The number of hydrogen-bond donors (Lipinski definition) is 2. The molecule has 0 aromatic heterocycles. The van der Waals surface area contributed by atoms with Crippen LogP contribution in [-0.4, -0.2) is 31.7 Å². The molecule has 2 aromatic rings. The van der Waals surface area contributed by atoms with E-state index in [1.807, 2.05) is 0 Å². The Labute approximate surface area is 153 Å². The Kier molecular flexibility index (Phi) is 6.53. The first-order valence-electron chi connectivity index (χ1n) is 7.71. The lowest BCUT2D eigenvalue weighted by molar-refractivity contribution is -0.137. The van der Waals surface area contributed by atoms with Gasteiger partial charge in [-0.1, -0.05) is 24.3 Å². The van der Waals surface area contributed by atoms with Gasteiger partial charge in [-0.2, -0.15) is 18.3 Å². The summed E-state index contributed by atoms with van der Waals surface area (Å²) in [4.78, 5) is 23.6. The number of benzene rings is 2. The summed E-state index contributed by atoms with van der Waals surface area (Å²) in [5.41, 5.74) is 1.21. The van der Waals surface area contributed by atoms with Crippen molar-refractivity contribution in [3.05, 3.63) is 65.2 Å². The molecule has 9 heteroatoms. The third kappa shape index (κ3) is 5.84. The molecule has 0 fully saturated rings. The number of nitrogens with one attached hydrogen (secondary N) is 2. The normalized spacial score (nSPS) is 11.3. The number of methoxy groups -OCH3 is 1. The molecule has 0 saturated heterocycles. The van der Waals surface area contributed by atoms with E-state index >= 15 is 0 Å². The van der Waals surface area contributed by atoms with Crippen molar-refractivity contribution >= 4 is 18.0 Å². The lowest BCUT2D eigenvalue weighted by atomic mass is 10.1. The number of nitrogens with zero attached hydrogens (tertiary/aromatic N) is 1. The fraction of sp³-hybridized carbons (Fsp3) is 0.167. The molecule has 0 heterocycles. The van der Waals surface area contributed by atoms with Gasteiger partial charge < -0.3 is 10.1 Å². The summed E-state index contributed by atoms with van der Waals surface area (Å²) in [6.45, 7) is -0.527. The zero-order chi connectivity index (χ0) is 19.9. The highest BCUT2D eigenvalue weighted by Gasteiger charge is 2.34. The van der Waals surface area contributed by atoms with Crippen LogP contribution in [0.1, 0.15) is 21.5 Å². The van der Waals surface area contributed by atoms with Gasteiger partial charge in [-0.25, -0.2) is 5.43 Å². The van der Waals surface area contributed by atoms with E-state index in [0.717, 1.165) is 12.1 Å². The molecular weight excluding hydrogens is 363 g/mol. The van der Waals surface area contributed by atoms with Gasteiger partial charge in [-0.05, 0) is 29.8 Å². The molecule has 142 valence electrons.